The number of rotatable bonds is 0. The molecule has 1 saturated heterocycles. The lowest BCUT2D eigenvalue weighted by Gasteiger charge is -2.15. The lowest BCUT2D eigenvalue weighted by molar-refractivity contribution is -0.149. The van der Waals surface area contributed by atoms with Gasteiger partial charge in [-0.15, -0.1) is 0 Å². The van der Waals surface area contributed by atoms with Crippen molar-refractivity contribution >= 4 is 5.91 Å². The summed E-state index contributed by atoms with van der Waals surface area (Å²) in [5.41, 5.74) is 0. The number of piperidine rings is 1. The minimum Gasteiger partial charge on any atom is -0.272 e. The topological polar surface area (TPSA) is 20.3 Å². The predicted octanol–water partition coefficient (Wildman–Crippen LogP) is 0.883. The maximum atomic E-state index is 12.1. The first-order chi connectivity index (χ1) is 3.80. The van der Waals surface area contributed by atoms with Crippen LogP contribution in [0.5, 0.6) is 0 Å². The van der Waals surface area contributed by atoms with Gasteiger partial charge >= 0.3 is 0 Å². The number of carbonyl (C=O) groups excluding carboxylic acids is 1. The third-order valence-corrected chi connectivity index (χ3v) is 1.27. The van der Waals surface area contributed by atoms with Crippen molar-refractivity contribution < 1.29 is 9.28 Å². The molecule has 1 amide bonds. The molecule has 1 fully saturated rings. The Morgan fingerprint density at radius 1 is 1.50 bits per heavy atom. The first kappa shape index (κ1) is 5.54. The summed E-state index contributed by atoms with van der Waals surface area (Å²) < 4.78 is 12.1. The Kier molecular flexibility index (Phi) is 1.46. The Labute approximate surface area is 47.2 Å². The smallest absolute Gasteiger partial charge is 0.250 e. The molecule has 0 radical (unpaired) electrons. The van der Waals surface area contributed by atoms with E-state index in [1.54, 1.807) is 0 Å². The van der Waals surface area contributed by atoms with Crippen LogP contribution in [0.25, 0.3) is 0 Å². The predicted molar refractivity (Wildman–Crippen MR) is 26.7 cm³/mol. The Hall–Kier alpha value is -0.600. The van der Waals surface area contributed by atoms with Crippen molar-refractivity contribution in [3.05, 3.63) is 0 Å². The lowest BCUT2D eigenvalue weighted by Crippen LogP contribution is -2.27. The fourth-order valence-corrected chi connectivity index (χ4v) is 0.773. The Morgan fingerprint density at radius 2 is 2.25 bits per heavy atom. The molecule has 0 aliphatic carbocycles. The van der Waals surface area contributed by atoms with Crippen LogP contribution in [-0.2, 0) is 4.79 Å². The fraction of sp³-hybridized carbons (Fsp3) is 0.800. The van der Waals surface area contributed by atoms with Crippen LogP contribution in [0.1, 0.15) is 19.3 Å². The summed E-state index contributed by atoms with van der Waals surface area (Å²) in [5.74, 6) is -0.365. The maximum absolute atomic E-state index is 12.1. The van der Waals surface area contributed by atoms with Crippen LogP contribution in [0, 0.1) is 0 Å². The summed E-state index contributed by atoms with van der Waals surface area (Å²) in [7, 11) is 0. The summed E-state index contributed by atoms with van der Waals surface area (Å²) in [6, 6.07) is 0. The molecule has 8 heavy (non-hydrogen) atoms. The second kappa shape index (κ2) is 2.11. The highest BCUT2D eigenvalue weighted by molar-refractivity contribution is 5.75. The molecule has 0 aromatic carbocycles. The van der Waals surface area contributed by atoms with E-state index in [-0.39, 0.29) is 5.91 Å². The van der Waals surface area contributed by atoms with Crippen molar-refractivity contribution in [1.29, 1.82) is 0 Å². The van der Waals surface area contributed by atoms with E-state index >= 15 is 0 Å². The van der Waals surface area contributed by atoms with Gasteiger partial charge in [-0.1, -0.05) is 4.48 Å². The summed E-state index contributed by atoms with van der Waals surface area (Å²) in [4.78, 5) is 10.3. The monoisotopic (exact) mass is 116 g/mol. The molecule has 0 atom stereocenters. The molecule has 0 saturated carbocycles. The van der Waals surface area contributed by atoms with Crippen molar-refractivity contribution in [2.45, 2.75) is 19.3 Å². The largest absolute Gasteiger partial charge is 0.272 e. The van der Waals surface area contributed by atoms with Crippen molar-refractivity contribution in [3.63, 3.8) is 0 Å². The second-order valence-electron chi connectivity index (χ2n) is 1.94. The number of carbonyl (C=O) groups is 1. The van der Waals surface area contributed by atoms with Gasteiger partial charge < -0.3 is 0 Å². The molecule has 0 N–H and O–H groups in total. The Bertz CT molecular complexity index is 105. The molecule has 0 aromatic heterocycles. The zero-order valence-corrected chi connectivity index (χ0v) is 4.56. The Balaban J connectivity index is 2.39. The maximum Gasteiger partial charge on any atom is 0.250 e. The van der Waals surface area contributed by atoms with Crippen LogP contribution in [-0.4, -0.2) is 17.6 Å². The van der Waals surface area contributed by atoms with Gasteiger partial charge in [0.1, 0.15) is 0 Å². The number of amides is 1. The van der Waals surface area contributed by atoms with Crippen molar-refractivity contribution in [2.75, 3.05) is 6.54 Å². The highest BCUT2D eigenvalue weighted by Crippen LogP contribution is 2.09. The number of hydrogen-bond acceptors (Lipinski definition) is 1. The first-order valence-electron chi connectivity index (χ1n) is 2.77. The van der Waals surface area contributed by atoms with E-state index in [1.807, 2.05) is 0 Å². The highest BCUT2D eigenvalue weighted by Gasteiger charge is 2.16. The standard InChI is InChI=1S/C5H8FNO/c6-7-4-2-1-3-5(7)8/h1-4H2/i6-1. The van der Waals surface area contributed by atoms with Crippen LogP contribution in [0.2, 0.25) is 0 Å². The highest BCUT2D eigenvalue weighted by atomic mass is 18.3. The zero-order valence-electron chi connectivity index (χ0n) is 4.56. The molecule has 2 nitrogen and oxygen atoms in total. The van der Waals surface area contributed by atoms with Crippen LogP contribution in [0.4, 0.5) is 4.48 Å². The number of hydrogen-bond donors (Lipinski definition) is 0. The van der Waals surface area contributed by atoms with E-state index in [0.717, 1.165) is 12.8 Å². The van der Waals surface area contributed by atoms with Gasteiger partial charge in [-0.3, -0.25) is 4.79 Å². The zero-order chi connectivity index (χ0) is 5.98. The van der Waals surface area contributed by atoms with Gasteiger partial charge in [-0.25, -0.2) is 0 Å². The molecule has 0 unspecified atom stereocenters. The average Bonchev–Trinajstić information content (AvgIpc) is 1.77. The molecule has 46 valence electrons. The van der Waals surface area contributed by atoms with Crippen LogP contribution >= 0.6 is 0 Å². The van der Waals surface area contributed by atoms with E-state index < -0.39 is 0 Å². The van der Waals surface area contributed by atoms with Gasteiger partial charge in [0.25, 0.3) is 0 Å². The molecule has 3 heteroatoms. The summed E-state index contributed by atoms with van der Waals surface area (Å²) in [6.07, 6.45) is 2.04. The van der Waals surface area contributed by atoms with Crippen LogP contribution < -0.4 is 0 Å². The summed E-state index contributed by atoms with van der Waals surface area (Å²) in [5, 5.41) is 0.295. The first-order valence-corrected chi connectivity index (χ1v) is 2.77. The average molecular weight is 116 g/mol. The molecule has 0 bridgehead atoms. The van der Waals surface area contributed by atoms with Gasteiger partial charge in [0.2, 0.25) is 5.91 Å². The fourth-order valence-electron chi connectivity index (χ4n) is 0.773. The van der Waals surface area contributed by atoms with Gasteiger partial charge in [-0.05, 0) is 12.8 Å². The molecule has 1 aliphatic heterocycles. The third kappa shape index (κ3) is 0.967. The molecular formula is C5H8FNO. The van der Waals surface area contributed by atoms with Gasteiger partial charge in [0.15, 0.2) is 0 Å². The molecular weight excluding hydrogens is 108 g/mol. The van der Waals surface area contributed by atoms with Gasteiger partial charge in [0, 0.05) is 6.42 Å². The van der Waals surface area contributed by atoms with E-state index in [4.69, 9.17) is 0 Å². The molecule has 0 spiro atoms. The normalized spacial score (nSPS) is 21.6. The third-order valence-electron chi connectivity index (χ3n) is 1.27. The number of halogens is 1. The lowest BCUT2D eigenvalue weighted by atomic mass is 10.2. The van der Waals surface area contributed by atoms with Crippen molar-refractivity contribution in [2.24, 2.45) is 0 Å². The van der Waals surface area contributed by atoms with Crippen molar-refractivity contribution in [3.8, 4) is 0 Å². The summed E-state index contributed by atoms with van der Waals surface area (Å²) in [6.45, 7) is 0.291. The van der Waals surface area contributed by atoms with E-state index in [1.165, 1.54) is 0 Å². The minimum absolute atomic E-state index is 0.291. The second-order valence-corrected chi connectivity index (χ2v) is 1.94. The minimum atomic E-state index is -0.365. The van der Waals surface area contributed by atoms with Crippen molar-refractivity contribution in [1.82, 2.24) is 5.12 Å². The Morgan fingerprint density at radius 3 is 2.62 bits per heavy atom. The molecule has 1 rings (SSSR count). The van der Waals surface area contributed by atoms with Crippen LogP contribution in [0.15, 0.2) is 0 Å². The summed E-state index contributed by atoms with van der Waals surface area (Å²) >= 11 is 0. The van der Waals surface area contributed by atoms with E-state index in [0.29, 0.717) is 18.1 Å². The molecule has 1 aliphatic rings. The van der Waals surface area contributed by atoms with E-state index in [2.05, 4.69) is 0 Å². The quantitative estimate of drug-likeness (QED) is 0.430. The van der Waals surface area contributed by atoms with Crippen LogP contribution in [0.3, 0.4) is 0 Å². The van der Waals surface area contributed by atoms with Gasteiger partial charge in [-0.2, -0.15) is 5.12 Å². The van der Waals surface area contributed by atoms with E-state index in [9.17, 15) is 9.28 Å². The SMILES string of the molecule is O=C1CCCCN1[18F]. The molecule has 0 aromatic rings. The molecule has 1 heterocycles. The number of nitrogens with zero attached hydrogens (tertiary/aromatic N) is 1. The van der Waals surface area contributed by atoms with Gasteiger partial charge in [0.05, 0.1) is 6.54 Å².